The second-order valence-electron chi connectivity index (χ2n) is 6.06. The highest BCUT2D eigenvalue weighted by molar-refractivity contribution is 6.05. The monoisotopic (exact) mass is 360 g/mol. The van der Waals surface area contributed by atoms with Crippen molar-refractivity contribution in [3.8, 4) is 16.9 Å². The summed E-state index contributed by atoms with van der Waals surface area (Å²) in [6.45, 7) is 0.447. The molecule has 1 amide bonds. The Labute approximate surface area is 155 Å². The van der Waals surface area contributed by atoms with Gasteiger partial charge < -0.3 is 14.8 Å². The minimum atomic E-state index is -0.440. The third-order valence-electron chi connectivity index (χ3n) is 4.38. The second-order valence-corrected chi connectivity index (χ2v) is 6.06. The summed E-state index contributed by atoms with van der Waals surface area (Å²) in [7, 11) is 1.32. The summed E-state index contributed by atoms with van der Waals surface area (Å²) in [5.74, 6) is 0.00332. The van der Waals surface area contributed by atoms with Gasteiger partial charge in [-0.1, -0.05) is 0 Å². The van der Waals surface area contributed by atoms with E-state index in [1.54, 1.807) is 42.7 Å². The lowest BCUT2D eigenvalue weighted by Gasteiger charge is -2.21. The molecule has 0 unspecified atom stereocenters. The molecule has 1 aromatic heterocycles. The van der Waals surface area contributed by atoms with Gasteiger partial charge in [0.25, 0.3) is 5.91 Å². The first-order valence-electron chi connectivity index (χ1n) is 8.35. The molecule has 4 rings (SSSR count). The Morgan fingerprint density at radius 2 is 1.81 bits per heavy atom. The van der Waals surface area contributed by atoms with Crippen molar-refractivity contribution in [2.24, 2.45) is 0 Å². The third kappa shape index (κ3) is 3.25. The minimum Gasteiger partial charge on any atom is -0.488 e. The van der Waals surface area contributed by atoms with Crippen LogP contribution in [0.5, 0.6) is 5.75 Å². The van der Waals surface area contributed by atoms with Crippen LogP contribution in [0.1, 0.15) is 26.3 Å². The van der Waals surface area contributed by atoms with Crippen LogP contribution in [-0.4, -0.2) is 24.0 Å². The molecule has 0 spiro atoms. The van der Waals surface area contributed by atoms with Crippen molar-refractivity contribution in [3.63, 3.8) is 0 Å². The summed E-state index contributed by atoms with van der Waals surface area (Å²) < 4.78 is 10.4. The van der Waals surface area contributed by atoms with E-state index in [2.05, 4.69) is 15.0 Å². The van der Waals surface area contributed by atoms with Gasteiger partial charge >= 0.3 is 5.97 Å². The zero-order chi connectivity index (χ0) is 18.8. The average molecular weight is 360 g/mol. The molecular weight excluding hydrogens is 344 g/mol. The van der Waals surface area contributed by atoms with Crippen molar-refractivity contribution in [2.75, 3.05) is 12.4 Å². The Kier molecular flexibility index (Phi) is 4.30. The first-order valence-corrected chi connectivity index (χ1v) is 8.35. The van der Waals surface area contributed by atoms with Crippen molar-refractivity contribution < 1.29 is 19.1 Å². The number of nitrogens with zero attached hydrogens (tertiary/aromatic N) is 1. The number of amides is 1. The lowest BCUT2D eigenvalue weighted by molar-refractivity contribution is 0.0600. The third-order valence-corrected chi connectivity index (χ3v) is 4.38. The van der Waals surface area contributed by atoms with Crippen molar-refractivity contribution >= 4 is 17.6 Å². The van der Waals surface area contributed by atoms with Crippen LogP contribution in [0.25, 0.3) is 11.1 Å². The Bertz CT molecular complexity index is 1030. The number of esters is 1. The van der Waals surface area contributed by atoms with Crippen molar-refractivity contribution in [2.45, 2.75) is 6.61 Å². The molecule has 2 aromatic carbocycles. The maximum atomic E-state index is 12.5. The number of hydrogen-bond acceptors (Lipinski definition) is 5. The van der Waals surface area contributed by atoms with E-state index in [0.717, 1.165) is 16.7 Å². The van der Waals surface area contributed by atoms with Crippen molar-refractivity contribution in [1.29, 1.82) is 0 Å². The SMILES string of the molecule is COC(=O)c1ccc(C(=O)Nc2ccc3c(c2)OCc2cnccc2-3)cc1. The molecule has 1 aliphatic rings. The number of rotatable bonds is 3. The largest absolute Gasteiger partial charge is 0.488 e. The number of aromatic nitrogens is 1. The summed E-state index contributed by atoms with van der Waals surface area (Å²) in [5, 5.41) is 2.85. The van der Waals surface area contributed by atoms with Crippen LogP contribution in [0.15, 0.2) is 60.9 Å². The maximum absolute atomic E-state index is 12.5. The summed E-state index contributed by atoms with van der Waals surface area (Å²) >= 11 is 0. The van der Waals surface area contributed by atoms with Gasteiger partial charge in [-0.2, -0.15) is 0 Å². The summed E-state index contributed by atoms with van der Waals surface area (Å²) in [6.07, 6.45) is 3.55. The molecule has 0 aliphatic carbocycles. The molecule has 27 heavy (non-hydrogen) atoms. The molecule has 0 radical (unpaired) electrons. The highest BCUT2D eigenvalue weighted by Crippen LogP contribution is 2.38. The molecule has 0 fully saturated rings. The van der Waals surface area contributed by atoms with Crippen molar-refractivity contribution in [3.05, 3.63) is 77.6 Å². The number of hydrogen-bond donors (Lipinski definition) is 1. The Morgan fingerprint density at radius 3 is 2.59 bits per heavy atom. The van der Waals surface area contributed by atoms with Crippen LogP contribution in [-0.2, 0) is 11.3 Å². The molecule has 1 aliphatic heterocycles. The van der Waals surface area contributed by atoms with E-state index in [-0.39, 0.29) is 5.91 Å². The number of anilines is 1. The fourth-order valence-corrected chi connectivity index (χ4v) is 2.98. The van der Waals surface area contributed by atoms with Gasteiger partial charge in [-0.25, -0.2) is 4.79 Å². The molecule has 6 nitrogen and oxygen atoms in total. The Balaban J connectivity index is 1.54. The van der Waals surface area contributed by atoms with Gasteiger partial charge in [0.05, 0.1) is 12.7 Å². The van der Waals surface area contributed by atoms with Gasteiger partial charge in [-0.05, 0) is 48.0 Å². The number of fused-ring (bicyclic) bond motifs is 3. The normalized spacial score (nSPS) is 11.6. The average Bonchev–Trinajstić information content (AvgIpc) is 2.73. The predicted octanol–water partition coefficient (Wildman–Crippen LogP) is 3.68. The predicted molar refractivity (Wildman–Crippen MR) is 99.7 cm³/mol. The smallest absolute Gasteiger partial charge is 0.337 e. The lowest BCUT2D eigenvalue weighted by Crippen LogP contribution is -2.13. The standard InChI is InChI=1S/C21H16N2O4/c1-26-21(25)14-4-2-13(3-5-14)20(24)23-16-6-7-18-17-8-9-22-11-15(17)12-27-19(18)10-16/h2-11H,12H2,1H3,(H,23,24). The fraction of sp³-hybridized carbons (Fsp3) is 0.0952. The van der Waals surface area contributed by atoms with Crippen LogP contribution in [0.2, 0.25) is 0 Å². The molecule has 0 saturated heterocycles. The molecule has 0 bridgehead atoms. The second kappa shape index (κ2) is 6.92. The van der Waals surface area contributed by atoms with E-state index < -0.39 is 5.97 Å². The molecule has 6 heteroatoms. The highest BCUT2D eigenvalue weighted by atomic mass is 16.5. The van der Waals surface area contributed by atoms with Gasteiger partial charge in [-0.3, -0.25) is 9.78 Å². The van der Waals surface area contributed by atoms with Crippen LogP contribution < -0.4 is 10.1 Å². The topological polar surface area (TPSA) is 77.5 Å². The molecule has 0 saturated carbocycles. The van der Waals surface area contributed by atoms with Crippen LogP contribution >= 0.6 is 0 Å². The Morgan fingerprint density at radius 1 is 1.04 bits per heavy atom. The maximum Gasteiger partial charge on any atom is 0.337 e. The Hall–Kier alpha value is -3.67. The first kappa shape index (κ1) is 16.8. The lowest BCUT2D eigenvalue weighted by atomic mass is 9.98. The van der Waals surface area contributed by atoms with Crippen LogP contribution in [0.4, 0.5) is 5.69 Å². The molecule has 2 heterocycles. The molecule has 3 aromatic rings. The van der Waals surface area contributed by atoms with Gasteiger partial charge in [0.1, 0.15) is 12.4 Å². The molecule has 134 valence electrons. The van der Waals surface area contributed by atoms with E-state index in [4.69, 9.17) is 4.74 Å². The van der Waals surface area contributed by atoms with Gasteiger partial charge in [0, 0.05) is 40.8 Å². The number of carbonyl (C=O) groups excluding carboxylic acids is 2. The van der Waals surface area contributed by atoms with E-state index >= 15 is 0 Å². The van der Waals surface area contributed by atoms with E-state index in [0.29, 0.717) is 29.2 Å². The van der Waals surface area contributed by atoms with E-state index in [9.17, 15) is 9.59 Å². The van der Waals surface area contributed by atoms with Crippen LogP contribution in [0.3, 0.4) is 0 Å². The number of ether oxygens (including phenoxy) is 2. The molecule has 1 N–H and O–H groups in total. The molecular formula is C21H16N2O4. The zero-order valence-electron chi connectivity index (χ0n) is 14.6. The van der Waals surface area contributed by atoms with E-state index in [1.165, 1.54) is 7.11 Å². The van der Waals surface area contributed by atoms with Crippen molar-refractivity contribution in [1.82, 2.24) is 4.98 Å². The van der Waals surface area contributed by atoms with Crippen LogP contribution in [0, 0.1) is 0 Å². The zero-order valence-corrected chi connectivity index (χ0v) is 14.6. The van der Waals surface area contributed by atoms with E-state index in [1.807, 2.05) is 18.2 Å². The quantitative estimate of drug-likeness (QED) is 0.721. The number of pyridine rings is 1. The minimum absolute atomic E-state index is 0.272. The highest BCUT2D eigenvalue weighted by Gasteiger charge is 2.18. The number of benzene rings is 2. The number of carbonyl (C=O) groups is 2. The molecule has 0 atom stereocenters. The fourth-order valence-electron chi connectivity index (χ4n) is 2.98. The summed E-state index contributed by atoms with van der Waals surface area (Å²) in [5.41, 5.74) is 4.56. The van der Waals surface area contributed by atoms with Gasteiger partial charge in [0.2, 0.25) is 0 Å². The summed E-state index contributed by atoms with van der Waals surface area (Å²) in [4.78, 5) is 28.0. The van der Waals surface area contributed by atoms with Gasteiger partial charge in [0.15, 0.2) is 0 Å². The summed E-state index contributed by atoms with van der Waals surface area (Å²) in [6, 6.07) is 13.8. The number of nitrogens with one attached hydrogen (secondary N) is 1. The first-order chi connectivity index (χ1) is 13.2. The van der Waals surface area contributed by atoms with Gasteiger partial charge in [-0.15, -0.1) is 0 Å². The number of methoxy groups -OCH3 is 1.